The van der Waals surface area contributed by atoms with Gasteiger partial charge in [0.15, 0.2) is 5.69 Å². The molecule has 0 spiro atoms. The summed E-state index contributed by atoms with van der Waals surface area (Å²) in [5.41, 5.74) is -0.315. The van der Waals surface area contributed by atoms with Gasteiger partial charge < -0.3 is 5.11 Å². The molecule has 0 aliphatic rings. The third-order valence-corrected chi connectivity index (χ3v) is 3.29. The number of nitrogens with zero attached hydrogens (tertiary/aromatic N) is 2. The van der Waals surface area contributed by atoms with Crippen LogP contribution in [0, 0.1) is 0 Å². The lowest BCUT2D eigenvalue weighted by Crippen LogP contribution is -2.08. The summed E-state index contributed by atoms with van der Waals surface area (Å²) in [5, 5.41) is 13.0. The number of hydrogen-bond acceptors (Lipinski definition) is 3. The van der Waals surface area contributed by atoms with E-state index in [4.69, 9.17) is 0 Å². The first kappa shape index (κ1) is 13.5. The van der Waals surface area contributed by atoms with E-state index >= 15 is 0 Å². The normalized spacial score (nSPS) is 10.9. The van der Waals surface area contributed by atoms with Gasteiger partial charge in [0.1, 0.15) is 5.69 Å². The maximum absolute atomic E-state index is 12.9. The summed E-state index contributed by atoms with van der Waals surface area (Å²) in [4.78, 5) is 11.3. The standard InChI is InChI=1S/C12H10F2N2O2S/c1-19-10-8(11(13)14)15-16(9(10)12(17)18)7-5-3-2-4-6-7/h2-6,11H,1H3,(H,17,18). The zero-order valence-electron chi connectivity index (χ0n) is 9.88. The molecule has 0 radical (unpaired) electrons. The molecular formula is C12H10F2N2O2S. The summed E-state index contributed by atoms with van der Waals surface area (Å²) in [6, 6.07) is 8.33. The van der Waals surface area contributed by atoms with Crippen LogP contribution in [0.2, 0.25) is 0 Å². The number of benzene rings is 1. The Bertz CT molecular complexity index is 599. The molecule has 0 fully saturated rings. The number of alkyl halides is 2. The van der Waals surface area contributed by atoms with Gasteiger partial charge in [-0.15, -0.1) is 11.8 Å². The second-order valence-corrected chi connectivity index (χ2v) is 4.44. The highest BCUT2D eigenvalue weighted by Crippen LogP contribution is 2.33. The van der Waals surface area contributed by atoms with Crippen molar-refractivity contribution >= 4 is 17.7 Å². The lowest BCUT2D eigenvalue weighted by Gasteiger charge is -2.04. The minimum atomic E-state index is -2.81. The maximum Gasteiger partial charge on any atom is 0.355 e. The average molecular weight is 284 g/mol. The highest BCUT2D eigenvalue weighted by atomic mass is 32.2. The van der Waals surface area contributed by atoms with Gasteiger partial charge in [-0.2, -0.15) is 5.10 Å². The molecule has 0 amide bonds. The van der Waals surface area contributed by atoms with E-state index in [1.165, 1.54) is 0 Å². The van der Waals surface area contributed by atoms with Crippen molar-refractivity contribution in [3.63, 3.8) is 0 Å². The zero-order valence-corrected chi connectivity index (χ0v) is 10.7. The van der Waals surface area contributed by atoms with Crippen LogP contribution in [0.4, 0.5) is 8.78 Å². The molecule has 4 nitrogen and oxygen atoms in total. The molecule has 0 atom stereocenters. The molecule has 2 rings (SSSR count). The Morgan fingerprint density at radius 1 is 1.37 bits per heavy atom. The Kier molecular flexibility index (Phi) is 3.84. The van der Waals surface area contributed by atoms with E-state index in [-0.39, 0.29) is 10.6 Å². The summed E-state index contributed by atoms with van der Waals surface area (Å²) >= 11 is 0.950. The van der Waals surface area contributed by atoms with Crippen molar-refractivity contribution in [3.8, 4) is 5.69 Å². The predicted octanol–water partition coefficient (Wildman–Crippen LogP) is 3.23. The Hall–Kier alpha value is -1.89. The van der Waals surface area contributed by atoms with Crippen molar-refractivity contribution in [3.05, 3.63) is 41.7 Å². The van der Waals surface area contributed by atoms with Gasteiger partial charge in [0.2, 0.25) is 0 Å². The van der Waals surface area contributed by atoms with Crippen LogP contribution < -0.4 is 0 Å². The number of aromatic nitrogens is 2. The molecule has 0 bridgehead atoms. The summed E-state index contributed by atoms with van der Waals surface area (Å²) in [6.45, 7) is 0. The monoisotopic (exact) mass is 284 g/mol. The summed E-state index contributed by atoms with van der Waals surface area (Å²) in [5.74, 6) is -1.28. The third-order valence-electron chi connectivity index (χ3n) is 2.48. The van der Waals surface area contributed by atoms with Crippen molar-refractivity contribution < 1.29 is 18.7 Å². The van der Waals surface area contributed by atoms with Crippen LogP contribution >= 0.6 is 11.8 Å². The van der Waals surface area contributed by atoms with Crippen molar-refractivity contribution in [2.75, 3.05) is 6.26 Å². The van der Waals surface area contributed by atoms with Gasteiger partial charge in [-0.25, -0.2) is 18.3 Å². The van der Waals surface area contributed by atoms with Gasteiger partial charge in [-0.1, -0.05) is 18.2 Å². The first-order valence-corrected chi connectivity index (χ1v) is 6.52. The van der Waals surface area contributed by atoms with Crippen LogP contribution in [0.25, 0.3) is 5.69 Å². The molecule has 0 saturated carbocycles. The summed E-state index contributed by atoms with van der Waals surface area (Å²) in [7, 11) is 0. The lowest BCUT2D eigenvalue weighted by atomic mass is 10.3. The molecule has 1 heterocycles. The number of hydrogen-bond donors (Lipinski definition) is 1. The number of rotatable bonds is 4. The van der Waals surface area contributed by atoms with E-state index in [9.17, 15) is 18.7 Å². The fourth-order valence-corrected chi connectivity index (χ4v) is 2.41. The second-order valence-electron chi connectivity index (χ2n) is 3.62. The number of halogens is 2. The van der Waals surface area contributed by atoms with Crippen LogP contribution in [-0.4, -0.2) is 27.1 Å². The van der Waals surface area contributed by atoms with Crippen LogP contribution in [0.1, 0.15) is 22.6 Å². The van der Waals surface area contributed by atoms with Crippen molar-refractivity contribution in [2.24, 2.45) is 0 Å². The quantitative estimate of drug-likeness (QED) is 0.876. The van der Waals surface area contributed by atoms with Crippen LogP contribution in [-0.2, 0) is 0 Å². The van der Waals surface area contributed by atoms with E-state index in [1.54, 1.807) is 36.6 Å². The minimum Gasteiger partial charge on any atom is -0.476 e. The minimum absolute atomic E-state index is 0.00801. The van der Waals surface area contributed by atoms with Crippen molar-refractivity contribution in [1.29, 1.82) is 0 Å². The van der Waals surface area contributed by atoms with Crippen LogP contribution in [0.5, 0.6) is 0 Å². The SMILES string of the molecule is CSc1c(C(F)F)nn(-c2ccccc2)c1C(=O)O. The van der Waals surface area contributed by atoms with Gasteiger partial charge in [0.25, 0.3) is 6.43 Å². The van der Waals surface area contributed by atoms with Crippen molar-refractivity contribution in [2.45, 2.75) is 11.3 Å². The van der Waals surface area contributed by atoms with Gasteiger partial charge in [-0.3, -0.25) is 0 Å². The average Bonchev–Trinajstić information content (AvgIpc) is 2.79. The van der Waals surface area contributed by atoms with Gasteiger partial charge in [-0.05, 0) is 18.4 Å². The topological polar surface area (TPSA) is 55.1 Å². The molecule has 1 aromatic carbocycles. The van der Waals surface area contributed by atoms with Gasteiger partial charge in [0.05, 0.1) is 10.6 Å². The Morgan fingerprint density at radius 2 is 2.00 bits per heavy atom. The molecular weight excluding hydrogens is 274 g/mol. The highest BCUT2D eigenvalue weighted by molar-refractivity contribution is 7.98. The van der Waals surface area contributed by atoms with Gasteiger partial charge >= 0.3 is 5.97 Å². The van der Waals surface area contributed by atoms with Crippen molar-refractivity contribution in [1.82, 2.24) is 9.78 Å². The molecule has 0 aliphatic heterocycles. The van der Waals surface area contributed by atoms with E-state index in [2.05, 4.69) is 5.10 Å². The Morgan fingerprint density at radius 3 is 2.47 bits per heavy atom. The molecule has 0 unspecified atom stereocenters. The molecule has 0 aliphatic carbocycles. The largest absolute Gasteiger partial charge is 0.476 e. The van der Waals surface area contributed by atoms with E-state index in [1.807, 2.05) is 0 Å². The second kappa shape index (κ2) is 5.40. The molecule has 19 heavy (non-hydrogen) atoms. The maximum atomic E-state index is 12.9. The number of carbonyl (C=O) groups is 1. The fraction of sp³-hybridized carbons (Fsp3) is 0.167. The van der Waals surface area contributed by atoms with E-state index in [0.717, 1.165) is 16.4 Å². The number of para-hydroxylation sites is 1. The Labute approximate surface area is 112 Å². The van der Waals surface area contributed by atoms with E-state index < -0.39 is 18.1 Å². The summed E-state index contributed by atoms with van der Waals surface area (Å²) in [6.07, 6.45) is -1.27. The van der Waals surface area contributed by atoms with E-state index in [0.29, 0.717) is 5.69 Å². The molecule has 7 heteroatoms. The smallest absolute Gasteiger partial charge is 0.355 e. The lowest BCUT2D eigenvalue weighted by molar-refractivity contribution is 0.0683. The van der Waals surface area contributed by atoms with Gasteiger partial charge in [0, 0.05) is 0 Å². The number of aromatic carboxylic acids is 1. The molecule has 100 valence electrons. The fourth-order valence-electron chi connectivity index (χ4n) is 1.71. The molecule has 0 saturated heterocycles. The number of carboxylic acid groups (broad SMARTS) is 1. The molecule has 2 aromatic rings. The molecule has 1 N–H and O–H groups in total. The predicted molar refractivity (Wildman–Crippen MR) is 67.3 cm³/mol. The summed E-state index contributed by atoms with van der Waals surface area (Å²) < 4.78 is 26.8. The van der Waals surface area contributed by atoms with Crippen LogP contribution in [0.3, 0.4) is 0 Å². The number of thioether (sulfide) groups is 1. The van der Waals surface area contributed by atoms with Crippen LogP contribution in [0.15, 0.2) is 35.2 Å². The Balaban J connectivity index is 2.70. The molecule has 1 aromatic heterocycles. The first-order valence-electron chi connectivity index (χ1n) is 5.30. The zero-order chi connectivity index (χ0) is 14.0. The first-order chi connectivity index (χ1) is 9.06. The highest BCUT2D eigenvalue weighted by Gasteiger charge is 2.27. The third kappa shape index (κ3) is 2.46. The number of carboxylic acids is 1.